The summed E-state index contributed by atoms with van der Waals surface area (Å²) in [6.07, 6.45) is 0. The number of nitrogens with zero attached hydrogens (tertiary/aromatic N) is 1. The molecule has 7 nitrogen and oxygen atoms in total. The van der Waals surface area contributed by atoms with Crippen molar-refractivity contribution in [1.29, 1.82) is 0 Å². The fourth-order valence-corrected chi connectivity index (χ4v) is 3.12. The molecule has 0 atom stereocenters. The lowest BCUT2D eigenvalue weighted by Gasteiger charge is -2.13. The molecule has 0 spiro atoms. The van der Waals surface area contributed by atoms with E-state index < -0.39 is 16.0 Å². The van der Waals surface area contributed by atoms with Crippen LogP contribution in [0.2, 0.25) is 0 Å². The number of carbonyl (C=O) groups is 2. The predicted molar refractivity (Wildman–Crippen MR) is 97.8 cm³/mol. The summed E-state index contributed by atoms with van der Waals surface area (Å²) in [6.45, 7) is 3.06. The van der Waals surface area contributed by atoms with Gasteiger partial charge in [-0.2, -0.15) is 0 Å². The Morgan fingerprint density at radius 2 is 1.77 bits per heavy atom. The molecule has 0 saturated heterocycles. The molecule has 8 heteroatoms. The standard InChI is InChI=1S/C18H20N2O5S/c1-12-8-9-16(26(23,24)20(3)4)11-17(12)18(22)25-15-7-5-6-14(10-15)19-13(2)21/h5-11H,1-4H3,(H,19,21). The molecule has 0 aliphatic carbocycles. The van der Waals surface area contributed by atoms with E-state index in [2.05, 4.69) is 5.32 Å². The fourth-order valence-electron chi connectivity index (χ4n) is 2.19. The molecule has 2 aromatic rings. The molecule has 26 heavy (non-hydrogen) atoms. The van der Waals surface area contributed by atoms with Crippen molar-refractivity contribution in [2.24, 2.45) is 0 Å². The zero-order valence-electron chi connectivity index (χ0n) is 14.9. The van der Waals surface area contributed by atoms with Crippen LogP contribution in [0.15, 0.2) is 47.4 Å². The second kappa shape index (κ2) is 7.67. The summed E-state index contributed by atoms with van der Waals surface area (Å²) < 4.78 is 30.9. The molecule has 2 rings (SSSR count). The molecule has 0 radical (unpaired) electrons. The van der Waals surface area contributed by atoms with Crippen LogP contribution in [0.3, 0.4) is 0 Å². The minimum Gasteiger partial charge on any atom is -0.423 e. The number of amides is 1. The summed E-state index contributed by atoms with van der Waals surface area (Å²) in [6, 6.07) is 10.7. The third-order valence-corrected chi connectivity index (χ3v) is 5.38. The average Bonchev–Trinajstić information content (AvgIpc) is 2.54. The van der Waals surface area contributed by atoms with Gasteiger partial charge in [0.15, 0.2) is 0 Å². The summed E-state index contributed by atoms with van der Waals surface area (Å²) in [5.74, 6) is -0.689. The number of hydrogen-bond acceptors (Lipinski definition) is 5. The van der Waals surface area contributed by atoms with E-state index in [1.165, 1.54) is 39.2 Å². The maximum Gasteiger partial charge on any atom is 0.343 e. The summed E-state index contributed by atoms with van der Waals surface area (Å²) >= 11 is 0. The molecule has 0 saturated carbocycles. The molecule has 0 heterocycles. The van der Waals surface area contributed by atoms with Gasteiger partial charge >= 0.3 is 5.97 Å². The number of rotatable bonds is 5. The number of hydrogen-bond donors (Lipinski definition) is 1. The van der Waals surface area contributed by atoms with E-state index in [1.807, 2.05) is 0 Å². The van der Waals surface area contributed by atoms with Crippen molar-refractivity contribution in [3.8, 4) is 5.75 Å². The Morgan fingerprint density at radius 3 is 2.38 bits per heavy atom. The maximum absolute atomic E-state index is 12.5. The Morgan fingerprint density at radius 1 is 1.08 bits per heavy atom. The molecule has 1 N–H and O–H groups in total. The first-order valence-corrected chi connectivity index (χ1v) is 9.18. The molecular formula is C18H20N2O5S. The monoisotopic (exact) mass is 376 g/mol. The molecular weight excluding hydrogens is 356 g/mol. The predicted octanol–water partition coefficient (Wildman–Crippen LogP) is 2.42. The van der Waals surface area contributed by atoms with Crippen LogP contribution in [-0.4, -0.2) is 38.7 Å². The number of carbonyl (C=O) groups excluding carboxylic acids is 2. The molecule has 1 amide bonds. The van der Waals surface area contributed by atoms with Crippen molar-refractivity contribution in [1.82, 2.24) is 4.31 Å². The third-order valence-electron chi connectivity index (χ3n) is 3.57. The Balaban J connectivity index is 2.32. The molecule has 138 valence electrons. The van der Waals surface area contributed by atoms with E-state index in [1.54, 1.807) is 31.2 Å². The van der Waals surface area contributed by atoms with Crippen LogP contribution in [-0.2, 0) is 14.8 Å². The molecule has 0 bridgehead atoms. The summed E-state index contributed by atoms with van der Waals surface area (Å²) in [5, 5.41) is 2.60. The maximum atomic E-state index is 12.5. The Bertz CT molecular complexity index is 952. The van der Waals surface area contributed by atoms with Crippen molar-refractivity contribution >= 4 is 27.6 Å². The largest absolute Gasteiger partial charge is 0.423 e. The van der Waals surface area contributed by atoms with Crippen molar-refractivity contribution in [3.63, 3.8) is 0 Å². The fraction of sp³-hybridized carbons (Fsp3) is 0.222. The van der Waals surface area contributed by atoms with Crippen LogP contribution >= 0.6 is 0 Å². The zero-order chi connectivity index (χ0) is 19.5. The van der Waals surface area contributed by atoms with Gasteiger partial charge < -0.3 is 10.1 Å². The first-order valence-electron chi connectivity index (χ1n) is 7.74. The van der Waals surface area contributed by atoms with Gasteiger partial charge in [0.1, 0.15) is 5.75 Å². The summed E-state index contributed by atoms with van der Waals surface area (Å²) in [4.78, 5) is 23.6. The van der Waals surface area contributed by atoms with E-state index in [4.69, 9.17) is 4.74 Å². The van der Waals surface area contributed by atoms with Crippen molar-refractivity contribution in [2.45, 2.75) is 18.7 Å². The van der Waals surface area contributed by atoms with Crippen molar-refractivity contribution in [2.75, 3.05) is 19.4 Å². The number of esters is 1. The van der Waals surface area contributed by atoms with Gasteiger partial charge in [0, 0.05) is 32.8 Å². The molecule has 0 aromatic heterocycles. The van der Waals surface area contributed by atoms with Gasteiger partial charge in [-0.25, -0.2) is 17.5 Å². The van der Waals surface area contributed by atoms with Crippen molar-refractivity contribution < 1.29 is 22.7 Å². The molecule has 2 aromatic carbocycles. The first-order chi connectivity index (χ1) is 12.1. The van der Waals surface area contributed by atoms with Crippen LogP contribution in [0.25, 0.3) is 0 Å². The van der Waals surface area contributed by atoms with Gasteiger partial charge in [-0.15, -0.1) is 0 Å². The lowest BCUT2D eigenvalue weighted by Crippen LogP contribution is -2.23. The van der Waals surface area contributed by atoms with E-state index in [-0.39, 0.29) is 22.1 Å². The van der Waals surface area contributed by atoms with E-state index in [9.17, 15) is 18.0 Å². The summed E-state index contributed by atoms with van der Waals surface area (Å²) in [5.41, 5.74) is 1.23. The van der Waals surface area contributed by atoms with Gasteiger partial charge in [-0.05, 0) is 36.8 Å². The Kier molecular flexibility index (Phi) is 5.79. The van der Waals surface area contributed by atoms with Crippen LogP contribution in [0.4, 0.5) is 5.69 Å². The van der Waals surface area contributed by atoms with E-state index >= 15 is 0 Å². The number of aryl methyl sites for hydroxylation is 1. The second-order valence-corrected chi connectivity index (χ2v) is 8.01. The van der Waals surface area contributed by atoms with Gasteiger partial charge in [0.25, 0.3) is 0 Å². The highest BCUT2D eigenvalue weighted by molar-refractivity contribution is 7.89. The highest BCUT2D eigenvalue weighted by Gasteiger charge is 2.21. The van der Waals surface area contributed by atoms with Gasteiger partial charge in [-0.1, -0.05) is 12.1 Å². The zero-order valence-corrected chi connectivity index (χ0v) is 15.8. The minimum absolute atomic E-state index is 0.00653. The van der Waals surface area contributed by atoms with Gasteiger partial charge in [-0.3, -0.25) is 4.79 Å². The topological polar surface area (TPSA) is 92.8 Å². The Hall–Kier alpha value is -2.71. The normalized spacial score (nSPS) is 11.3. The van der Waals surface area contributed by atoms with Crippen LogP contribution in [0.1, 0.15) is 22.8 Å². The van der Waals surface area contributed by atoms with E-state index in [0.29, 0.717) is 11.3 Å². The second-order valence-electron chi connectivity index (χ2n) is 5.86. The number of benzene rings is 2. The van der Waals surface area contributed by atoms with Gasteiger partial charge in [0.2, 0.25) is 15.9 Å². The quantitative estimate of drug-likeness (QED) is 0.639. The number of nitrogens with one attached hydrogen (secondary N) is 1. The SMILES string of the molecule is CC(=O)Nc1cccc(OC(=O)c2cc(S(=O)(=O)N(C)C)ccc2C)c1. The third kappa shape index (κ3) is 4.47. The lowest BCUT2D eigenvalue weighted by molar-refractivity contribution is -0.114. The van der Waals surface area contributed by atoms with E-state index in [0.717, 1.165) is 4.31 Å². The number of anilines is 1. The van der Waals surface area contributed by atoms with Crippen LogP contribution in [0, 0.1) is 6.92 Å². The molecule has 0 unspecified atom stereocenters. The number of ether oxygens (including phenoxy) is 1. The van der Waals surface area contributed by atoms with Crippen molar-refractivity contribution in [3.05, 3.63) is 53.6 Å². The highest BCUT2D eigenvalue weighted by atomic mass is 32.2. The highest BCUT2D eigenvalue weighted by Crippen LogP contribution is 2.22. The summed E-state index contributed by atoms with van der Waals surface area (Å²) in [7, 11) is -0.830. The minimum atomic E-state index is -3.66. The Labute approximate surface area is 152 Å². The number of sulfonamides is 1. The van der Waals surface area contributed by atoms with Gasteiger partial charge in [0.05, 0.1) is 10.5 Å². The molecule has 0 aliphatic heterocycles. The molecule has 0 fully saturated rings. The van der Waals surface area contributed by atoms with Crippen LogP contribution < -0.4 is 10.1 Å². The molecule has 0 aliphatic rings. The first kappa shape index (κ1) is 19.6. The average molecular weight is 376 g/mol. The lowest BCUT2D eigenvalue weighted by atomic mass is 10.1. The van der Waals surface area contributed by atoms with Crippen LogP contribution in [0.5, 0.6) is 5.75 Å². The smallest absolute Gasteiger partial charge is 0.343 e.